The summed E-state index contributed by atoms with van der Waals surface area (Å²) in [7, 11) is 1.53. The van der Waals surface area contributed by atoms with Crippen molar-refractivity contribution in [3.05, 3.63) is 44.4 Å². The molecule has 0 aliphatic rings. The molecular formula is C10H8N4O4S. The summed E-state index contributed by atoms with van der Waals surface area (Å²) in [6.45, 7) is 0. The molecule has 1 N–H and O–H groups in total. The van der Waals surface area contributed by atoms with Gasteiger partial charge in [0, 0.05) is 29.6 Å². The van der Waals surface area contributed by atoms with Gasteiger partial charge in [-0.25, -0.2) is 9.89 Å². The van der Waals surface area contributed by atoms with E-state index in [1.807, 2.05) is 0 Å². The molecule has 98 valence electrons. The third-order valence-corrected chi connectivity index (χ3v) is 3.51. The molecule has 1 aromatic carbocycles. The van der Waals surface area contributed by atoms with Gasteiger partial charge < -0.3 is 0 Å². The Balaban J connectivity index is 2.40. The van der Waals surface area contributed by atoms with Crippen LogP contribution in [0.3, 0.4) is 0 Å². The number of H-pyrrole nitrogens is 1. The van der Waals surface area contributed by atoms with E-state index in [2.05, 4.69) is 10.2 Å². The lowest BCUT2D eigenvalue weighted by atomic mass is 10.2. The first-order chi connectivity index (χ1) is 9.02. The van der Waals surface area contributed by atoms with Crippen LogP contribution in [0.25, 0.3) is 0 Å². The van der Waals surface area contributed by atoms with Crippen LogP contribution in [0.5, 0.6) is 0 Å². The Labute approximate surface area is 110 Å². The van der Waals surface area contributed by atoms with Crippen LogP contribution in [0.4, 0.5) is 5.69 Å². The van der Waals surface area contributed by atoms with Crippen molar-refractivity contribution < 1.29 is 9.72 Å². The van der Waals surface area contributed by atoms with Crippen LogP contribution in [0.1, 0.15) is 10.4 Å². The number of aldehydes is 1. The SMILES string of the molecule is Cn1c(Sc2ccc([N+](=O)[O-])cc2C=O)n[nH]c1=O. The summed E-state index contributed by atoms with van der Waals surface area (Å²) in [6.07, 6.45) is 0.528. The largest absolute Gasteiger partial charge is 0.343 e. The number of rotatable bonds is 4. The number of benzene rings is 1. The van der Waals surface area contributed by atoms with Crippen molar-refractivity contribution in [1.29, 1.82) is 0 Å². The normalized spacial score (nSPS) is 10.4. The second kappa shape index (κ2) is 5.06. The van der Waals surface area contributed by atoms with Crippen LogP contribution in [-0.4, -0.2) is 26.0 Å². The molecule has 0 spiro atoms. The summed E-state index contributed by atoms with van der Waals surface area (Å²) in [4.78, 5) is 32.7. The number of nitro groups is 1. The van der Waals surface area contributed by atoms with Crippen LogP contribution in [-0.2, 0) is 7.05 Å². The number of non-ortho nitro benzene ring substituents is 1. The average Bonchev–Trinajstić information content (AvgIpc) is 2.71. The molecule has 19 heavy (non-hydrogen) atoms. The molecular weight excluding hydrogens is 272 g/mol. The van der Waals surface area contributed by atoms with Gasteiger partial charge in [-0.15, -0.1) is 5.10 Å². The second-order valence-electron chi connectivity index (χ2n) is 3.57. The Morgan fingerprint density at radius 3 is 2.79 bits per heavy atom. The van der Waals surface area contributed by atoms with Gasteiger partial charge in [-0.3, -0.25) is 19.5 Å². The van der Waals surface area contributed by atoms with Crippen LogP contribution < -0.4 is 5.69 Å². The van der Waals surface area contributed by atoms with E-state index in [1.54, 1.807) is 0 Å². The highest BCUT2D eigenvalue weighted by atomic mass is 32.2. The minimum atomic E-state index is -0.578. The Bertz CT molecular complexity index is 706. The maximum atomic E-state index is 11.2. The molecule has 8 nitrogen and oxygen atoms in total. The number of hydrogen-bond donors (Lipinski definition) is 1. The zero-order chi connectivity index (χ0) is 14.0. The molecule has 2 aromatic rings. The summed E-state index contributed by atoms with van der Waals surface area (Å²) in [5, 5.41) is 17.0. The summed E-state index contributed by atoms with van der Waals surface area (Å²) in [5.41, 5.74) is -0.367. The lowest BCUT2D eigenvalue weighted by Gasteiger charge is -2.03. The van der Waals surface area contributed by atoms with Gasteiger partial charge >= 0.3 is 5.69 Å². The number of aromatic nitrogens is 3. The maximum Gasteiger partial charge on any atom is 0.343 e. The Morgan fingerprint density at radius 1 is 1.53 bits per heavy atom. The molecule has 0 radical (unpaired) electrons. The first-order valence-corrected chi connectivity index (χ1v) is 5.87. The highest BCUT2D eigenvalue weighted by Gasteiger charge is 2.13. The molecule has 2 rings (SSSR count). The number of nitro benzene ring substituents is 1. The van der Waals surface area contributed by atoms with Crippen LogP contribution in [0, 0.1) is 10.1 Å². The van der Waals surface area contributed by atoms with E-state index in [1.165, 1.54) is 29.8 Å². The minimum Gasteiger partial charge on any atom is -0.298 e. The summed E-state index contributed by atoms with van der Waals surface area (Å²) in [6, 6.07) is 3.92. The lowest BCUT2D eigenvalue weighted by Crippen LogP contribution is -2.12. The second-order valence-corrected chi connectivity index (χ2v) is 4.58. The van der Waals surface area contributed by atoms with Gasteiger partial charge in [-0.2, -0.15) is 0 Å². The van der Waals surface area contributed by atoms with E-state index in [0.717, 1.165) is 11.8 Å². The van der Waals surface area contributed by atoms with Crippen LogP contribution in [0.2, 0.25) is 0 Å². The average molecular weight is 280 g/mol. The van der Waals surface area contributed by atoms with Crippen molar-refractivity contribution in [3.8, 4) is 0 Å². The molecule has 0 saturated heterocycles. The molecule has 0 atom stereocenters. The smallest absolute Gasteiger partial charge is 0.298 e. The first-order valence-electron chi connectivity index (χ1n) is 5.06. The third-order valence-electron chi connectivity index (χ3n) is 2.37. The van der Waals surface area contributed by atoms with E-state index in [-0.39, 0.29) is 16.9 Å². The standard InChI is InChI=1S/C10H8N4O4S/c1-13-9(16)11-12-10(13)19-8-3-2-7(14(17)18)4-6(8)5-15/h2-5H,1H3,(H,11,16). The highest BCUT2D eigenvalue weighted by Crippen LogP contribution is 2.29. The predicted octanol–water partition coefficient (Wildman–Crippen LogP) is 0.980. The maximum absolute atomic E-state index is 11.2. The zero-order valence-corrected chi connectivity index (χ0v) is 10.5. The zero-order valence-electron chi connectivity index (χ0n) is 9.69. The van der Waals surface area contributed by atoms with Crippen LogP contribution >= 0.6 is 11.8 Å². The fourth-order valence-corrected chi connectivity index (χ4v) is 2.23. The van der Waals surface area contributed by atoms with Gasteiger partial charge in [0.1, 0.15) is 0 Å². The van der Waals surface area contributed by atoms with Crippen molar-refractivity contribution in [2.45, 2.75) is 10.1 Å². The summed E-state index contributed by atoms with van der Waals surface area (Å²) < 4.78 is 1.28. The topological polar surface area (TPSA) is 111 Å². The number of carbonyl (C=O) groups excluding carboxylic acids is 1. The Hall–Kier alpha value is -2.42. The van der Waals surface area contributed by atoms with E-state index < -0.39 is 4.92 Å². The Kier molecular flexibility index (Phi) is 3.47. The third kappa shape index (κ3) is 2.55. The molecule has 1 aromatic heterocycles. The van der Waals surface area contributed by atoms with Gasteiger partial charge in [-0.05, 0) is 17.8 Å². The highest BCUT2D eigenvalue weighted by molar-refractivity contribution is 7.99. The monoisotopic (exact) mass is 280 g/mol. The van der Waals surface area contributed by atoms with Gasteiger partial charge in [0.15, 0.2) is 11.4 Å². The summed E-state index contributed by atoms with van der Waals surface area (Å²) >= 11 is 1.07. The number of carbonyl (C=O) groups is 1. The quantitative estimate of drug-likeness (QED) is 0.507. The number of hydrogen-bond acceptors (Lipinski definition) is 6. The number of nitrogens with one attached hydrogen (secondary N) is 1. The van der Waals surface area contributed by atoms with Crippen molar-refractivity contribution in [1.82, 2.24) is 14.8 Å². The fraction of sp³-hybridized carbons (Fsp3) is 0.100. The number of aromatic amines is 1. The molecule has 0 bridgehead atoms. The fourth-order valence-electron chi connectivity index (χ4n) is 1.36. The van der Waals surface area contributed by atoms with Crippen LogP contribution in [0.15, 0.2) is 33.0 Å². The molecule has 9 heteroatoms. The first kappa shape index (κ1) is 13.0. The minimum absolute atomic E-state index is 0.164. The molecule has 0 amide bonds. The molecule has 1 heterocycles. The van der Waals surface area contributed by atoms with Crippen molar-refractivity contribution >= 4 is 23.7 Å². The molecule has 0 fully saturated rings. The van der Waals surface area contributed by atoms with Crippen molar-refractivity contribution in [2.75, 3.05) is 0 Å². The van der Waals surface area contributed by atoms with E-state index >= 15 is 0 Å². The molecule has 0 aliphatic carbocycles. The molecule has 0 unspecified atom stereocenters. The Morgan fingerprint density at radius 2 is 2.26 bits per heavy atom. The predicted molar refractivity (Wildman–Crippen MR) is 66.4 cm³/mol. The van der Waals surface area contributed by atoms with E-state index in [4.69, 9.17) is 0 Å². The molecule has 0 aliphatic heterocycles. The number of nitrogens with zero attached hydrogens (tertiary/aromatic N) is 3. The van der Waals surface area contributed by atoms with Crippen molar-refractivity contribution in [3.63, 3.8) is 0 Å². The van der Waals surface area contributed by atoms with Crippen molar-refractivity contribution in [2.24, 2.45) is 7.05 Å². The van der Waals surface area contributed by atoms with E-state index in [9.17, 15) is 19.7 Å². The van der Waals surface area contributed by atoms with Gasteiger partial charge in [0.25, 0.3) is 5.69 Å². The van der Waals surface area contributed by atoms with Gasteiger partial charge in [-0.1, -0.05) is 0 Å². The lowest BCUT2D eigenvalue weighted by molar-refractivity contribution is -0.384. The summed E-state index contributed by atoms with van der Waals surface area (Å²) in [5.74, 6) is 0. The molecule has 0 saturated carbocycles. The van der Waals surface area contributed by atoms with Gasteiger partial charge in [0.05, 0.1) is 4.92 Å². The van der Waals surface area contributed by atoms with Gasteiger partial charge in [0.2, 0.25) is 0 Å². The van der Waals surface area contributed by atoms with E-state index in [0.29, 0.717) is 16.3 Å².